The lowest BCUT2D eigenvalue weighted by Crippen LogP contribution is -2.45. The maximum atomic E-state index is 5.83. The number of nitrogens with zero attached hydrogens (tertiary/aromatic N) is 3. The van der Waals surface area contributed by atoms with Gasteiger partial charge in [-0.1, -0.05) is 13.3 Å². The summed E-state index contributed by atoms with van der Waals surface area (Å²) in [6, 6.07) is 4.85. The quantitative estimate of drug-likeness (QED) is 0.894. The number of aromatic nitrogens is 1. The summed E-state index contributed by atoms with van der Waals surface area (Å²) >= 11 is 0. The summed E-state index contributed by atoms with van der Waals surface area (Å²) < 4.78 is 0. The Kier molecular flexibility index (Phi) is 5.38. The first-order valence-electron chi connectivity index (χ1n) is 7.75. The monoisotopic (exact) mass is 276 g/mol. The molecule has 0 aromatic carbocycles. The second-order valence-electron chi connectivity index (χ2n) is 5.95. The van der Waals surface area contributed by atoms with Crippen LogP contribution in [0, 0.1) is 0 Å². The fraction of sp³-hybridized carbons (Fsp3) is 0.688. The Labute approximate surface area is 123 Å². The molecule has 4 nitrogen and oxygen atoms in total. The van der Waals surface area contributed by atoms with Crippen LogP contribution < -0.4 is 10.6 Å². The maximum absolute atomic E-state index is 5.83. The molecule has 1 atom stereocenters. The first-order valence-corrected chi connectivity index (χ1v) is 7.75. The van der Waals surface area contributed by atoms with E-state index in [1.54, 1.807) is 0 Å². The molecule has 0 aliphatic carbocycles. The van der Waals surface area contributed by atoms with Gasteiger partial charge < -0.3 is 15.5 Å². The minimum absolute atomic E-state index is 0.559. The van der Waals surface area contributed by atoms with E-state index < -0.39 is 0 Å². The molecule has 0 bridgehead atoms. The van der Waals surface area contributed by atoms with Crippen LogP contribution in [-0.4, -0.2) is 43.1 Å². The smallest absolute Gasteiger partial charge is 0.129 e. The molecule has 4 heteroatoms. The first-order chi connectivity index (χ1) is 9.63. The molecule has 0 spiro atoms. The highest BCUT2D eigenvalue weighted by molar-refractivity contribution is 5.43. The lowest BCUT2D eigenvalue weighted by Gasteiger charge is -2.36. The molecular weight excluding hydrogens is 248 g/mol. The molecule has 1 aliphatic heterocycles. The fourth-order valence-electron chi connectivity index (χ4n) is 2.96. The molecule has 2 rings (SSSR count). The molecule has 1 aromatic rings. The van der Waals surface area contributed by atoms with Gasteiger partial charge in [0.05, 0.1) is 0 Å². The van der Waals surface area contributed by atoms with Crippen molar-refractivity contribution in [3.63, 3.8) is 0 Å². The number of pyridine rings is 1. The predicted octanol–water partition coefficient (Wildman–Crippen LogP) is 2.02. The number of rotatable bonds is 5. The van der Waals surface area contributed by atoms with Gasteiger partial charge in [-0.05, 0) is 50.6 Å². The number of likely N-dealkylation sites (tertiary alicyclic amines) is 1. The van der Waals surface area contributed by atoms with Crippen LogP contribution >= 0.6 is 0 Å². The van der Waals surface area contributed by atoms with Crippen LogP contribution in [-0.2, 0) is 13.0 Å². The normalized spacial score (nSPS) is 20.1. The van der Waals surface area contributed by atoms with Crippen molar-refractivity contribution in [1.82, 2.24) is 9.88 Å². The standard InChI is InChI=1S/C16H28N4/c1-4-6-14-9-13(11-17)10-16(18-14)20(3)15-7-5-8-19(2)12-15/h9-10,15H,4-8,11-12,17H2,1-3H3. The van der Waals surface area contributed by atoms with Gasteiger partial charge in [-0.25, -0.2) is 4.98 Å². The van der Waals surface area contributed by atoms with E-state index in [9.17, 15) is 0 Å². The Bertz CT molecular complexity index is 432. The number of anilines is 1. The number of likely N-dealkylation sites (N-methyl/N-ethyl adjacent to an activating group) is 2. The topological polar surface area (TPSA) is 45.4 Å². The number of piperidine rings is 1. The summed E-state index contributed by atoms with van der Waals surface area (Å²) in [5, 5.41) is 0. The van der Waals surface area contributed by atoms with E-state index >= 15 is 0 Å². The average molecular weight is 276 g/mol. The van der Waals surface area contributed by atoms with Crippen LogP contribution in [0.15, 0.2) is 12.1 Å². The molecule has 0 amide bonds. The zero-order valence-electron chi connectivity index (χ0n) is 13.1. The van der Waals surface area contributed by atoms with Gasteiger partial charge in [0, 0.05) is 31.9 Å². The molecule has 1 unspecified atom stereocenters. The Balaban J connectivity index is 2.19. The van der Waals surface area contributed by atoms with Crippen molar-refractivity contribution in [1.29, 1.82) is 0 Å². The third-order valence-corrected chi connectivity index (χ3v) is 4.18. The second-order valence-corrected chi connectivity index (χ2v) is 5.95. The molecule has 2 N–H and O–H groups in total. The van der Waals surface area contributed by atoms with Gasteiger partial charge in [-0.15, -0.1) is 0 Å². The van der Waals surface area contributed by atoms with Gasteiger partial charge in [-0.2, -0.15) is 0 Å². The van der Waals surface area contributed by atoms with E-state index in [4.69, 9.17) is 10.7 Å². The lowest BCUT2D eigenvalue weighted by molar-refractivity contribution is 0.247. The molecule has 1 aromatic heterocycles. The van der Waals surface area contributed by atoms with Crippen molar-refractivity contribution in [3.8, 4) is 0 Å². The summed E-state index contributed by atoms with van der Waals surface area (Å²) in [7, 11) is 4.37. The van der Waals surface area contributed by atoms with Crippen LogP contribution in [0.25, 0.3) is 0 Å². The Hall–Kier alpha value is -1.13. The number of aryl methyl sites for hydroxylation is 1. The average Bonchev–Trinajstić information content (AvgIpc) is 2.46. The lowest BCUT2D eigenvalue weighted by atomic mass is 10.0. The minimum Gasteiger partial charge on any atom is -0.355 e. The van der Waals surface area contributed by atoms with Gasteiger partial charge in [0.2, 0.25) is 0 Å². The predicted molar refractivity (Wildman–Crippen MR) is 85.0 cm³/mol. The van der Waals surface area contributed by atoms with E-state index in [2.05, 4.69) is 43.0 Å². The second kappa shape index (κ2) is 7.04. The van der Waals surface area contributed by atoms with Gasteiger partial charge in [-0.3, -0.25) is 0 Å². The van der Waals surface area contributed by atoms with E-state index in [-0.39, 0.29) is 0 Å². The largest absolute Gasteiger partial charge is 0.355 e. The SMILES string of the molecule is CCCc1cc(CN)cc(N(C)C2CCCN(C)C2)n1. The molecule has 112 valence electrons. The van der Waals surface area contributed by atoms with Gasteiger partial charge >= 0.3 is 0 Å². The van der Waals surface area contributed by atoms with E-state index in [0.717, 1.165) is 25.2 Å². The Morgan fingerprint density at radius 2 is 2.25 bits per heavy atom. The molecule has 1 aliphatic rings. The van der Waals surface area contributed by atoms with Crippen LogP contribution in [0.3, 0.4) is 0 Å². The third-order valence-electron chi connectivity index (χ3n) is 4.18. The number of nitrogens with two attached hydrogens (primary N) is 1. The molecule has 0 radical (unpaired) electrons. The molecule has 20 heavy (non-hydrogen) atoms. The summed E-state index contributed by atoms with van der Waals surface area (Å²) in [5.74, 6) is 1.08. The highest BCUT2D eigenvalue weighted by Gasteiger charge is 2.22. The van der Waals surface area contributed by atoms with Crippen molar-refractivity contribution < 1.29 is 0 Å². The van der Waals surface area contributed by atoms with Crippen LogP contribution in [0.5, 0.6) is 0 Å². The Morgan fingerprint density at radius 3 is 2.90 bits per heavy atom. The molecule has 0 saturated carbocycles. The number of hydrogen-bond acceptors (Lipinski definition) is 4. The minimum atomic E-state index is 0.559. The summed E-state index contributed by atoms with van der Waals surface area (Å²) in [6.45, 7) is 5.11. The molecule has 1 saturated heterocycles. The number of hydrogen-bond donors (Lipinski definition) is 1. The van der Waals surface area contributed by atoms with Crippen molar-refractivity contribution in [2.24, 2.45) is 5.73 Å². The highest BCUT2D eigenvalue weighted by atomic mass is 15.2. The van der Waals surface area contributed by atoms with E-state index in [1.165, 1.54) is 30.6 Å². The van der Waals surface area contributed by atoms with Crippen molar-refractivity contribution in [3.05, 3.63) is 23.4 Å². The maximum Gasteiger partial charge on any atom is 0.129 e. The van der Waals surface area contributed by atoms with Crippen molar-refractivity contribution in [2.75, 3.05) is 32.1 Å². The molecular formula is C16H28N4. The zero-order valence-corrected chi connectivity index (χ0v) is 13.1. The van der Waals surface area contributed by atoms with Gasteiger partial charge in [0.15, 0.2) is 0 Å². The van der Waals surface area contributed by atoms with Crippen LogP contribution in [0.2, 0.25) is 0 Å². The van der Waals surface area contributed by atoms with Crippen molar-refractivity contribution >= 4 is 5.82 Å². The fourth-order valence-corrected chi connectivity index (χ4v) is 2.96. The summed E-state index contributed by atoms with van der Waals surface area (Å²) in [6.07, 6.45) is 4.66. The molecule has 2 heterocycles. The summed E-state index contributed by atoms with van der Waals surface area (Å²) in [4.78, 5) is 9.57. The van der Waals surface area contributed by atoms with Crippen LogP contribution in [0.1, 0.15) is 37.4 Å². The Morgan fingerprint density at radius 1 is 1.45 bits per heavy atom. The van der Waals surface area contributed by atoms with Gasteiger partial charge in [0.25, 0.3) is 0 Å². The highest BCUT2D eigenvalue weighted by Crippen LogP contribution is 2.21. The van der Waals surface area contributed by atoms with Gasteiger partial charge in [0.1, 0.15) is 5.82 Å². The first kappa shape index (κ1) is 15.3. The van der Waals surface area contributed by atoms with Crippen molar-refractivity contribution in [2.45, 2.75) is 45.2 Å². The van der Waals surface area contributed by atoms with E-state index in [1.807, 2.05) is 0 Å². The van der Waals surface area contributed by atoms with Crippen LogP contribution in [0.4, 0.5) is 5.82 Å². The molecule has 1 fully saturated rings. The van der Waals surface area contributed by atoms with E-state index in [0.29, 0.717) is 12.6 Å². The third kappa shape index (κ3) is 3.70. The summed E-state index contributed by atoms with van der Waals surface area (Å²) in [5.41, 5.74) is 8.19. The zero-order chi connectivity index (χ0) is 14.5.